The molecule has 0 bridgehead atoms. The van der Waals surface area contributed by atoms with Crippen LogP contribution in [0.4, 0.5) is 5.69 Å². The monoisotopic (exact) mass is 259 g/mol. The van der Waals surface area contributed by atoms with Crippen LogP contribution in [0.1, 0.15) is 32.8 Å². The number of hydrogen-bond acceptors (Lipinski definition) is 1. The molecule has 0 heterocycles. The molecule has 0 aliphatic rings. The highest BCUT2D eigenvalue weighted by Gasteiger charge is 2.23. The molecule has 0 amide bonds. The van der Waals surface area contributed by atoms with E-state index in [0.717, 1.165) is 22.7 Å². The van der Waals surface area contributed by atoms with Gasteiger partial charge in [-0.2, -0.15) is 0 Å². The molecular formula is C13H19Cl2N. The Hall–Kier alpha value is -0.400. The van der Waals surface area contributed by atoms with Gasteiger partial charge >= 0.3 is 0 Å². The van der Waals surface area contributed by atoms with Gasteiger partial charge in [0.2, 0.25) is 0 Å². The summed E-state index contributed by atoms with van der Waals surface area (Å²) in [6, 6.07) is 5.86. The molecule has 0 saturated carbocycles. The highest BCUT2D eigenvalue weighted by molar-refractivity contribution is 6.31. The fourth-order valence-electron chi connectivity index (χ4n) is 1.53. The van der Waals surface area contributed by atoms with Crippen molar-refractivity contribution in [1.29, 1.82) is 0 Å². The van der Waals surface area contributed by atoms with Gasteiger partial charge in [0.05, 0.1) is 0 Å². The van der Waals surface area contributed by atoms with E-state index in [9.17, 15) is 0 Å². The number of anilines is 1. The smallest absolute Gasteiger partial charge is 0.0494 e. The predicted octanol–water partition coefficient (Wildman–Crippen LogP) is 4.70. The van der Waals surface area contributed by atoms with Gasteiger partial charge in [0.1, 0.15) is 0 Å². The lowest BCUT2D eigenvalue weighted by atomic mass is 9.98. The van der Waals surface area contributed by atoms with Gasteiger partial charge in [-0.05, 0) is 38.0 Å². The van der Waals surface area contributed by atoms with Gasteiger partial charge in [0.15, 0.2) is 0 Å². The second kappa shape index (κ2) is 5.29. The van der Waals surface area contributed by atoms with Gasteiger partial charge in [0.25, 0.3) is 0 Å². The second-order valence-electron chi connectivity index (χ2n) is 4.63. The van der Waals surface area contributed by atoms with E-state index < -0.39 is 0 Å². The maximum atomic E-state index is 6.04. The van der Waals surface area contributed by atoms with Gasteiger partial charge in [0, 0.05) is 29.2 Å². The molecule has 0 fully saturated rings. The third kappa shape index (κ3) is 2.83. The van der Waals surface area contributed by atoms with Crippen molar-refractivity contribution in [3.63, 3.8) is 0 Å². The molecule has 90 valence electrons. The number of halogens is 2. The van der Waals surface area contributed by atoms with E-state index in [4.69, 9.17) is 23.2 Å². The Morgan fingerprint density at radius 1 is 1.31 bits per heavy atom. The number of nitrogens with zero attached hydrogens (tertiary/aromatic N) is 1. The molecule has 0 unspecified atom stereocenters. The van der Waals surface area contributed by atoms with E-state index in [1.54, 1.807) is 0 Å². The Morgan fingerprint density at radius 2 is 1.94 bits per heavy atom. The first kappa shape index (κ1) is 13.7. The Balaban J connectivity index is 3.16. The largest absolute Gasteiger partial charge is 0.369 e. The van der Waals surface area contributed by atoms with Crippen LogP contribution in [0, 0.1) is 0 Å². The van der Waals surface area contributed by atoms with E-state index in [1.165, 1.54) is 0 Å². The Kier molecular flexibility index (Phi) is 4.52. The third-order valence-corrected chi connectivity index (χ3v) is 3.85. The molecule has 3 heteroatoms. The van der Waals surface area contributed by atoms with E-state index in [-0.39, 0.29) is 5.54 Å². The van der Waals surface area contributed by atoms with Gasteiger partial charge in [-0.15, -0.1) is 11.6 Å². The molecule has 1 nitrogen and oxygen atoms in total. The van der Waals surface area contributed by atoms with Crippen molar-refractivity contribution in [1.82, 2.24) is 0 Å². The van der Waals surface area contributed by atoms with Crippen LogP contribution in [0.2, 0.25) is 5.02 Å². The van der Waals surface area contributed by atoms with Crippen molar-refractivity contribution in [2.75, 3.05) is 11.9 Å². The second-order valence-corrected chi connectivity index (χ2v) is 5.34. The molecule has 1 rings (SSSR count). The maximum absolute atomic E-state index is 6.04. The molecule has 1 aromatic rings. The molecule has 1 aromatic carbocycles. The quantitative estimate of drug-likeness (QED) is 0.709. The van der Waals surface area contributed by atoms with Gasteiger partial charge in [-0.25, -0.2) is 0 Å². The lowest BCUT2D eigenvalue weighted by molar-refractivity contribution is 0.470. The zero-order valence-corrected chi connectivity index (χ0v) is 11.9. The zero-order chi connectivity index (χ0) is 12.3. The predicted molar refractivity (Wildman–Crippen MR) is 73.8 cm³/mol. The van der Waals surface area contributed by atoms with Crippen LogP contribution < -0.4 is 4.90 Å². The number of rotatable bonds is 4. The average Bonchev–Trinajstić information content (AvgIpc) is 2.28. The third-order valence-electron chi connectivity index (χ3n) is 3.33. The van der Waals surface area contributed by atoms with Crippen LogP contribution in [-0.4, -0.2) is 12.6 Å². The highest BCUT2D eigenvalue weighted by atomic mass is 35.5. The lowest BCUT2D eigenvalue weighted by Gasteiger charge is -2.38. The standard InChI is InChI=1S/C13H19Cl2N/c1-5-13(2,3)16(4)12-8-11(15)7-6-10(12)9-14/h6-8H,5,9H2,1-4H3. The van der Waals surface area contributed by atoms with Crippen LogP contribution in [-0.2, 0) is 5.88 Å². The molecule has 16 heavy (non-hydrogen) atoms. The summed E-state index contributed by atoms with van der Waals surface area (Å²) < 4.78 is 0. The summed E-state index contributed by atoms with van der Waals surface area (Å²) in [5, 5.41) is 0.752. The van der Waals surface area contributed by atoms with Crippen LogP contribution in [0.5, 0.6) is 0 Å². The summed E-state index contributed by atoms with van der Waals surface area (Å²) in [5.41, 5.74) is 2.34. The summed E-state index contributed by atoms with van der Waals surface area (Å²) in [5.74, 6) is 0.511. The summed E-state index contributed by atoms with van der Waals surface area (Å²) in [6.07, 6.45) is 1.07. The molecule has 0 aromatic heterocycles. The molecule has 0 radical (unpaired) electrons. The molecule has 0 spiro atoms. The summed E-state index contributed by atoms with van der Waals surface area (Å²) in [7, 11) is 2.09. The maximum Gasteiger partial charge on any atom is 0.0494 e. The topological polar surface area (TPSA) is 3.24 Å². The van der Waals surface area contributed by atoms with E-state index in [0.29, 0.717) is 5.88 Å². The first-order valence-corrected chi connectivity index (χ1v) is 6.42. The van der Waals surface area contributed by atoms with Gasteiger partial charge in [-0.1, -0.05) is 24.6 Å². The van der Waals surface area contributed by atoms with Crippen LogP contribution in [0.15, 0.2) is 18.2 Å². The molecular weight excluding hydrogens is 241 g/mol. The Bertz CT molecular complexity index is 361. The summed E-state index contributed by atoms with van der Waals surface area (Å²) in [4.78, 5) is 2.25. The van der Waals surface area contributed by atoms with E-state index >= 15 is 0 Å². The molecule has 0 aliphatic carbocycles. The highest BCUT2D eigenvalue weighted by Crippen LogP contribution is 2.31. The van der Waals surface area contributed by atoms with Crippen molar-refractivity contribution >= 4 is 28.9 Å². The number of hydrogen-bond donors (Lipinski definition) is 0. The normalized spacial score (nSPS) is 11.6. The summed E-state index contributed by atoms with van der Waals surface area (Å²) in [6.45, 7) is 6.61. The van der Waals surface area contributed by atoms with E-state index in [2.05, 4.69) is 32.7 Å². The first-order chi connectivity index (χ1) is 7.42. The van der Waals surface area contributed by atoms with Gasteiger partial charge in [-0.3, -0.25) is 0 Å². The lowest BCUT2D eigenvalue weighted by Crippen LogP contribution is -2.41. The number of benzene rings is 1. The van der Waals surface area contributed by atoms with Crippen molar-refractivity contribution in [2.24, 2.45) is 0 Å². The zero-order valence-electron chi connectivity index (χ0n) is 10.3. The minimum Gasteiger partial charge on any atom is -0.369 e. The van der Waals surface area contributed by atoms with Crippen molar-refractivity contribution in [3.8, 4) is 0 Å². The number of alkyl halides is 1. The minimum atomic E-state index is 0.103. The van der Waals surface area contributed by atoms with Gasteiger partial charge < -0.3 is 4.90 Å². The molecule has 0 atom stereocenters. The Morgan fingerprint density at radius 3 is 2.44 bits per heavy atom. The average molecular weight is 260 g/mol. The van der Waals surface area contributed by atoms with Crippen molar-refractivity contribution in [3.05, 3.63) is 28.8 Å². The summed E-state index contributed by atoms with van der Waals surface area (Å²) >= 11 is 12.0. The first-order valence-electron chi connectivity index (χ1n) is 5.50. The van der Waals surface area contributed by atoms with Crippen molar-refractivity contribution < 1.29 is 0 Å². The Labute approximate surface area is 108 Å². The van der Waals surface area contributed by atoms with Crippen molar-refractivity contribution in [2.45, 2.75) is 38.6 Å². The van der Waals surface area contributed by atoms with Crippen LogP contribution in [0.3, 0.4) is 0 Å². The SMILES string of the molecule is CCC(C)(C)N(C)c1cc(Cl)ccc1CCl. The molecule has 0 saturated heterocycles. The fraction of sp³-hybridized carbons (Fsp3) is 0.538. The van der Waals surface area contributed by atoms with E-state index in [1.807, 2.05) is 18.2 Å². The molecule has 0 N–H and O–H groups in total. The fourth-order valence-corrected chi connectivity index (χ4v) is 1.92. The minimum absolute atomic E-state index is 0.103. The van der Waals surface area contributed by atoms with Crippen LogP contribution >= 0.6 is 23.2 Å². The molecule has 0 aliphatic heterocycles. The van der Waals surface area contributed by atoms with Crippen LogP contribution in [0.25, 0.3) is 0 Å².